The minimum atomic E-state index is 0.386. The molecule has 0 saturated carbocycles. The highest BCUT2D eigenvalue weighted by molar-refractivity contribution is 5.35. The third kappa shape index (κ3) is 2.99. The van der Waals surface area contributed by atoms with E-state index in [4.69, 9.17) is 4.74 Å². The normalized spacial score (nSPS) is 21.5. The molecule has 0 aliphatic carbocycles. The fourth-order valence-corrected chi connectivity index (χ4v) is 2.22. The summed E-state index contributed by atoms with van der Waals surface area (Å²) in [5, 5.41) is 3.41. The molecule has 1 aliphatic rings. The molecule has 0 amide bonds. The van der Waals surface area contributed by atoms with Gasteiger partial charge in [0.15, 0.2) is 0 Å². The first-order chi connectivity index (χ1) is 7.75. The van der Waals surface area contributed by atoms with Crippen LogP contribution in [0.15, 0.2) is 18.2 Å². The van der Waals surface area contributed by atoms with Crippen molar-refractivity contribution in [2.75, 3.05) is 13.1 Å². The minimum Gasteiger partial charge on any atom is -0.490 e. The Hall–Kier alpha value is -1.02. The molecule has 1 atom stereocenters. The Kier molecular flexibility index (Phi) is 3.83. The van der Waals surface area contributed by atoms with Gasteiger partial charge in [0.1, 0.15) is 5.75 Å². The van der Waals surface area contributed by atoms with Crippen LogP contribution >= 0.6 is 0 Å². The molecule has 0 bridgehead atoms. The zero-order valence-electron chi connectivity index (χ0n) is 10.3. The van der Waals surface area contributed by atoms with Gasteiger partial charge in [-0.2, -0.15) is 0 Å². The zero-order valence-corrected chi connectivity index (χ0v) is 10.3. The van der Waals surface area contributed by atoms with E-state index in [-0.39, 0.29) is 0 Å². The number of rotatable bonds is 2. The van der Waals surface area contributed by atoms with E-state index in [9.17, 15) is 0 Å². The number of ether oxygens (including phenoxy) is 1. The van der Waals surface area contributed by atoms with Crippen molar-refractivity contribution in [1.29, 1.82) is 0 Å². The fraction of sp³-hybridized carbons (Fsp3) is 0.571. The molecule has 2 heteroatoms. The van der Waals surface area contributed by atoms with Crippen LogP contribution in [0, 0.1) is 13.8 Å². The first-order valence-corrected chi connectivity index (χ1v) is 6.20. The zero-order chi connectivity index (χ0) is 11.4. The van der Waals surface area contributed by atoms with Crippen molar-refractivity contribution in [2.24, 2.45) is 0 Å². The van der Waals surface area contributed by atoms with Crippen molar-refractivity contribution in [1.82, 2.24) is 5.32 Å². The predicted molar refractivity (Wildman–Crippen MR) is 67.1 cm³/mol. The highest BCUT2D eigenvalue weighted by Crippen LogP contribution is 2.22. The van der Waals surface area contributed by atoms with Crippen LogP contribution in [0.5, 0.6) is 5.75 Å². The van der Waals surface area contributed by atoms with Crippen molar-refractivity contribution in [3.8, 4) is 5.75 Å². The van der Waals surface area contributed by atoms with Crippen LogP contribution in [0.2, 0.25) is 0 Å². The van der Waals surface area contributed by atoms with E-state index in [2.05, 4.69) is 37.4 Å². The second kappa shape index (κ2) is 5.35. The van der Waals surface area contributed by atoms with Gasteiger partial charge in [0.2, 0.25) is 0 Å². The van der Waals surface area contributed by atoms with Gasteiger partial charge in [0, 0.05) is 0 Å². The third-order valence-corrected chi connectivity index (χ3v) is 3.15. The molecule has 16 heavy (non-hydrogen) atoms. The van der Waals surface area contributed by atoms with E-state index in [1.165, 1.54) is 24.0 Å². The molecule has 2 nitrogen and oxygen atoms in total. The molecular weight excluding hydrogens is 198 g/mol. The summed E-state index contributed by atoms with van der Waals surface area (Å²) in [4.78, 5) is 0. The van der Waals surface area contributed by atoms with E-state index in [1.807, 2.05) is 0 Å². The summed E-state index contributed by atoms with van der Waals surface area (Å²) in [6, 6.07) is 6.41. The first kappa shape index (κ1) is 11.5. The molecule has 1 N–H and O–H groups in total. The number of benzene rings is 1. The molecule has 1 unspecified atom stereocenters. The maximum Gasteiger partial charge on any atom is 0.122 e. The molecule has 1 aliphatic heterocycles. The van der Waals surface area contributed by atoms with Gasteiger partial charge in [-0.1, -0.05) is 17.7 Å². The van der Waals surface area contributed by atoms with Crippen LogP contribution in [0.25, 0.3) is 0 Å². The van der Waals surface area contributed by atoms with Gasteiger partial charge < -0.3 is 10.1 Å². The minimum absolute atomic E-state index is 0.386. The van der Waals surface area contributed by atoms with Crippen molar-refractivity contribution in [2.45, 2.75) is 39.2 Å². The summed E-state index contributed by atoms with van der Waals surface area (Å²) in [6.07, 6.45) is 3.89. The summed E-state index contributed by atoms with van der Waals surface area (Å²) < 4.78 is 6.08. The van der Waals surface area contributed by atoms with Gasteiger partial charge in [-0.25, -0.2) is 0 Å². The van der Waals surface area contributed by atoms with Crippen molar-refractivity contribution in [3.05, 3.63) is 29.3 Å². The van der Waals surface area contributed by atoms with Gasteiger partial charge >= 0.3 is 0 Å². The third-order valence-electron chi connectivity index (χ3n) is 3.15. The van der Waals surface area contributed by atoms with E-state index in [0.29, 0.717) is 6.10 Å². The Labute approximate surface area is 98.0 Å². The number of hydrogen-bond donors (Lipinski definition) is 1. The predicted octanol–water partition coefficient (Wildman–Crippen LogP) is 2.82. The lowest BCUT2D eigenvalue weighted by Gasteiger charge is -2.18. The Morgan fingerprint density at radius 3 is 2.88 bits per heavy atom. The van der Waals surface area contributed by atoms with Gasteiger partial charge in [-0.15, -0.1) is 0 Å². The average Bonchev–Trinajstić information content (AvgIpc) is 2.51. The molecule has 1 aromatic carbocycles. The molecule has 0 radical (unpaired) electrons. The van der Waals surface area contributed by atoms with Gasteiger partial charge in [-0.05, 0) is 57.8 Å². The molecule has 1 heterocycles. The van der Waals surface area contributed by atoms with Crippen LogP contribution in [0.3, 0.4) is 0 Å². The SMILES string of the molecule is Cc1ccc(OC2CCCNCC2)c(C)c1. The molecular formula is C14H21NO. The van der Waals surface area contributed by atoms with Crippen LogP contribution in [-0.2, 0) is 0 Å². The number of aryl methyl sites for hydroxylation is 2. The Bertz CT molecular complexity index is 341. The lowest BCUT2D eigenvalue weighted by Crippen LogP contribution is -2.19. The lowest BCUT2D eigenvalue weighted by atomic mass is 10.1. The molecule has 0 aromatic heterocycles. The van der Waals surface area contributed by atoms with Gasteiger partial charge in [0.05, 0.1) is 6.10 Å². The van der Waals surface area contributed by atoms with Crippen molar-refractivity contribution in [3.63, 3.8) is 0 Å². The maximum absolute atomic E-state index is 6.08. The van der Waals surface area contributed by atoms with Crippen molar-refractivity contribution < 1.29 is 4.74 Å². The van der Waals surface area contributed by atoms with Crippen LogP contribution < -0.4 is 10.1 Å². The Morgan fingerprint density at radius 1 is 1.19 bits per heavy atom. The molecule has 0 spiro atoms. The topological polar surface area (TPSA) is 21.3 Å². The van der Waals surface area contributed by atoms with Gasteiger partial charge in [0.25, 0.3) is 0 Å². The molecule has 1 saturated heterocycles. The number of hydrogen-bond acceptors (Lipinski definition) is 2. The van der Waals surface area contributed by atoms with Crippen LogP contribution in [-0.4, -0.2) is 19.2 Å². The highest BCUT2D eigenvalue weighted by Gasteiger charge is 2.14. The summed E-state index contributed by atoms with van der Waals surface area (Å²) in [5.41, 5.74) is 2.55. The molecule has 2 rings (SSSR count). The first-order valence-electron chi connectivity index (χ1n) is 6.20. The largest absolute Gasteiger partial charge is 0.490 e. The summed E-state index contributed by atoms with van der Waals surface area (Å²) in [7, 11) is 0. The summed E-state index contributed by atoms with van der Waals surface area (Å²) in [6.45, 7) is 6.45. The second-order valence-electron chi connectivity index (χ2n) is 4.69. The molecule has 88 valence electrons. The lowest BCUT2D eigenvalue weighted by molar-refractivity contribution is 0.186. The Balaban J connectivity index is 2.01. The van der Waals surface area contributed by atoms with E-state index >= 15 is 0 Å². The fourth-order valence-electron chi connectivity index (χ4n) is 2.22. The van der Waals surface area contributed by atoms with E-state index < -0.39 is 0 Å². The Morgan fingerprint density at radius 2 is 2.06 bits per heavy atom. The van der Waals surface area contributed by atoms with E-state index in [1.54, 1.807) is 0 Å². The van der Waals surface area contributed by atoms with Crippen molar-refractivity contribution >= 4 is 0 Å². The summed E-state index contributed by atoms with van der Waals surface area (Å²) in [5.74, 6) is 1.05. The van der Waals surface area contributed by atoms with Gasteiger partial charge in [-0.3, -0.25) is 0 Å². The molecule has 1 fully saturated rings. The molecule has 1 aromatic rings. The standard InChI is InChI=1S/C14H21NO/c1-11-5-6-14(12(2)10-11)16-13-4-3-8-15-9-7-13/h5-6,10,13,15H,3-4,7-9H2,1-2H3. The second-order valence-corrected chi connectivity index (χ2v) is 4.69. The summed E-state index contributed by atoms with van der Waals surface area (Å²) >= 11 is 0. The van der Waals surface area contributed by atoms with E-state index in [0.717, 1.165) is 25.3 Å². The average molecular weight is 219 g/mol. The quantitative estimate of drug-likeness (QED) is 0.826. The van der Waals surface area contributed by atoms with Crippen LogP contribution in [0.4, 0.5) is 0 Å². The number of nitrogens with one attached hydrogen (secondary N) is 1. The monoisotopic (exact) mass is 219 g/mol. The highest BCUT2D eigenvalue weighted by atomic mass is 16.5. The maximum atomic E-state index is 6.08. The van der Waals surface area contributed by atoms with Crippen LogP contribution in [0.1, 0.15) is 30.4 Å². The smallest absolute Gasteiger partial charge is 0.122 e.